The van der Waals surface area contributed by atoms with Gasteiger partial charge < -0.3 is 29.5 Å². The van der Waals surface area contributed by atoms with E-state index in [4.69, 9.17) is 19.3 Å². The molecule has 0 saturated heterocycles. The first kappa shape index (κ1) is 24.9. The van der Waals surface area contributed by atoms with Gasteiger partial charge in [-0.15, -0.1) is 5.92 Å². The molecule has 0 aliphatic heterocycles. The molecule has 0 aromatic heterocycles. The van der Waals surface area contributed by atoms with Crippen LogP contribution in [-0.2, 0) is 22.7 Å². The summed E-state index contributed by atoms with van der Waals surface area (Å²) < 4.78 is 16.6. The highest BCUT2D eigenvalue weighted by Crippen LogP contribution is 2.14. The van der Waals surface area contributed by atoms with Crippen molar-refractivity contribution in [1.82, 2.24) is 0 Å². The number of benzene rings is 2. The number of rotatable bonds is 13. The third-order valence-electron chi connectivity index (χ3n) is 4.70. The number of methoxy groups -OCH3 is 1. The summed E-state index contributed by atoms with van der Waals surface area (Å²) in [6, 6.07) is 17.4. The number of hydrogen-bond donors (Lipinski definition) is 3. The molecular weight excluding hydrogens is 396 g/mol. The smallest absolute Gasteiger partial charge is 0.118 e. The van der Waals surface area contributed by atoms with E-state index in [0.717, 1.165) is 16.9 Å². The Morgan fingerprint density at radius 3 is 2.26 bits per heavy atom. The van der Waals surface area contributed by atoms with Gasteiger partial charge in [0.25, 0.3) is 0 Å². The van der Waals surface area contributed by atoms with Crippen LogP contribution in [0.15, 0.2) is 54.6 Å². The molecule has 0 spiro atoms. The minimum absolute atomic E-state index is 0.142. The molecule has 3 atom stereocenters. The number of aliphatic hydroxyl groups excluding tert-OH is 3. The molecule has 0 bridgehead atoms. The lowest BCUT2D eigenvalue weighted by molar-refractivity contribution is 0.0195. The molecule has 0 heterocycles. The molecule has 0 fully saturated rings. The van der Waals surface area contributed by atoms with Gasteiger partial charge in [-0.1, -0.05) is 48.4 Å². The molecule has 0 amide bonds. The number of hydrogen-bond acceptors (Lipinski definition) is 6. The Morgan fingerprint density at radius 2 is 1.58 bits per heavy atom. The lowest BCUT2D eigenvalue weighted by Gasteiger charge is -2.18. The van der Waals surface area contributed by atoms with Crippen LogP contribution in [0.25, 0.3) is 0 Å². The molecule has 0 aliphatic rings. The third-order valence-corrected chi connectivity index (χ3v) is 4.70. The first-order chi connectivity index (χ1) is 15.1. The maximum atomic E-state index is 10.6. The van der Waals surface area contributed by atoms with Gasteiger partial charge in [0.2, 0.25) is 0 Å². The first-order valence-electron chi connectivity index (χ1n) is 10.4. The summed E-state index contributed by atoms with van der Waals surface area (Å²) in [5.74, 6) is 6.17. The summed E-state index contributed by atoms with van der Waals surface area (Å²) in [4.78, 5) is 0. The van der Waals surface area contributed by atoms with E-state index < -0.39 is 18.1 Å². The standard InChI is InChI=1S/C25H32O6/c1-29-24-12-10-21(11-13-24)18-31-19-22(8-5-9-23(27)16-26)25(28)14-15-30-17-20-6-3-2-4-7-20/h2-4,6-7,10-13,22-23,25-28H,9,14-19H2,1H3/t22-,23-,25-/m0/s1. The van der Waals surface area contributed by atoms with Crippen molar-refractivity contribution in [2.45, 2.75) is 38.3 Å². The molecule has 0 aliphatic carbocycles. The van der Waals surface area contributed by atoms with Gasteiger partial charge in [-0.2, -0.15) is 0 Å². The van der Waals surface area contributed by atoms with E-state index in [1.807, 2.05) is 54.6 Å². The fourth-order valence-corrected chi connectivity index (χ4v) is 2.82. The van der Waals surface area contributed by atoms with Crippen molar-refractivity contribution in [3.05, 3.63) is 65.7 Å². The molecule has 168 valence electrons. The van der Waals surface area contributed by atoms with Crippen LogP contribution in [0.5, 0.6) is 5.75 Å². The zero-order valence-electron chi connectivity index (χ0n) is 17.9. The monoisotopic (exact) mass is 428 g/mol. The summed E-state index contributed by atoms with van der Waals surface area (Å²) in [7, 11) is 1.62. The SMILES string of the molecule is COc1ccc(COC[C@H](C#CC[C@H](O)CO)[C@@H](O)CCOCc2ccccc2)cc1. The molecule has 2 aromatic carbocycles. The van der Waals surface area contributed by atoms with Crippen molar-refractivity contribution in [1.29, 1.82) is 0 Å². The van der Waals surface area contributed by atoms with Crippen molar-refractivity contribution >= 4 is 0 Å². The minimum atomic E-state index is -0.889. The van der Waals surface area contributed by atoms with E-state index in [1.54, 1.807) is 7.11 Å². The van der Waals surface area contributed by atoms with Gasteiger partial charge in [-0.3, -0.25) is 0 Å². The van der Waals surface area contributed by atoms with E-state index in [-0.39, 0.29) is 19.6 Å². The Hall–Kier alpha value is -2.40. The second-order valence-electron chi connectivity index (χ2n) is 7.23. The summed E-state index contributed by atoms with van der Waals surface area (Å²) >= 11 is 0. The van der Waals surface area contributed by atoms with Crippen molar-refractivity contribution in [3.63, 3.8) is 0 Å². The molecule has 6 heteroatoms. The van der Waals surface area contributed by atoms with E-state index in [9.17, 15) is 10.2 Å². The van der Waals surface area contributed by atoms with Crippen LogP contribution in [0, 0.1) is 17.8 Å². The lowest BCUT2D eigenvalue weighted by atomic mass is 10.0. The molecule has 0 unspecified atom stereocenters. The number of ether oxygens (including phenoxy) is 3. The van der Waals surface area contributed by atoms with Gasteiger partial charge in [0.1, 0.15) is 5.75 Å². The first-order valence-corrected chi connectivity index (χ1v) is 10.4. The van der Waals surface area contributed by atoms with Crippen molar-refractivity contribution in [2.24, 2.45) is 5.92 Å². The Morgan fingerprint density at radius 1 is 0.903 bits per heavy atom. The second kappa shape index (κ2) is 14.6. The van der Waals surface area contributed by atoms with Crippen LogP contribution >= 0.6 is 0 Å². The Kier molecular flexibility index (Phi) is 11.7. The zero-order valence-corrected chi connectivity index (χ0v) is 17.9. The number of aliphatic hydroxyl groups is 3. The Bertz CT molecular complexity index is 781. The Balaban J connectivity index is 1.83. The molecule has 3 N–H and O–H groups in total. The van der Waals surface area contributed by atoms with Crippen LogP contribution in [0.3, 0.4) is 0 Å². The van der Waals surface area contributed by atoms with Gasteiger partial charge in [0.05, 0.1) is 51.7 Å². The largest absolute Gasteiger partial charge is 0.497 e. The van der Waals surface area contributed by atoms with E-state index in [1.165, 1.54) is 0 Å². The van der Waals surface area contributed by atoms with Gasteiger partial charge >= 0.3 is 0 Å². The molecule has 0 saturated carbocycles. The van der Waals surface area contributed by atoms with Gasteiger partial charge in [0, 0.05) is 13.0 Å². The predicted molar refractivity (Wildman–Crippen MR) is 118 cm³/mol. The summed E-state index contributed by atoms with van der Waals surface area (Å²) in [6.45, 7) is 1.17. The average Bonchev–Trinajstić information content (AvgIpc) is 2.81. The third kappa shape index (κ3) is 9.97. The minimum Gasteiger partial charge on any atom is -0.497 e. The van der Waals surface area contributed by atoms with Crippen LogP contribution in [0.4, 0.5) is 0 Å². The fourth-order valence-electron chi connectivity index (χ4n) is 2.82. The van der Waals surface area contributed by atoms with Gasteiger partial charge in [-0.05, 0) is 29.7 Å². The quantitative estimate of drug-likeness (QED) is 0.336. The zero-order chi connectivity index (χ0) is 22.3. The molecule has 6 nitrogen and oxygen atoms in total. The molecule has 2 aromatic rings. The lowest BCUT2D eigenvalue weighted by Crippen LogP contribution is -2.25. The summed E-state index contributed by atoms with van der Waals surface area (Å²) in [5, 5.41) is 29.0. The van der Waals surface area contributed by atoms with Crippen molar-refractivity contribution in [3.8, 4) is 17.6 Å². The van der Waals surface area contributed by atoms with Crippen LogP contribution < -0.4 is 4.74 Å². The topological polar surface area (TPSA) is 88.4 Å². The van der Waals surface area contributed by atoms with Crippen molar-refractivity contribution in [2.75, 3.05) is 26.9 Å². The maximum absolute atomic E-state index is 10.6. The molecule has 31 heavy (non-hydrogen) atoms. The maximum Gasteiger partial charge on any atom is 0.118 e. The van der Waals surface area contributed by atoms with E-state index in [0.29, 0.717) is 26.2 Å². The molecule has 0 radical (unpaired) electrons. The van der Waals surface area contributed by atoms with E-state index >= 15 is 0 Å². The fraction of sp³-hybridized carbons (Fsp3) is 0.440. The van der Waals surface area contributed by atoms with Crippen LogP contribution in [0.1, 0.15) is 24.0 Å². The van der Waals surface area contributed by atoms with Crippen LogP contribution in [0.2, 0.25) is 0 Å². The molecule has 2 rings (SSSR count). The highest BCUT2D eigenvalue weighted by Gasteiger charge is 2.17. The highest BCUT2D eigenvalue weighted by atomic mass is 16.5. The van der Waals surface area contributed by atoms with Crippen LogP contribution in [-0.4, -0.2) is 54.5 Å². The van der Waals surface area contributed by atoms with Gasteiger partial charge in [0.15, 0.2) is 0 Å². The Labute approximate surface area is 184 Å². The second-order valence-corrected chi connectivity index (χ2v) is 7.23. The van der Waals surface area contributed by atoms with E-state index in [2.05, 4.69) is 11.8 Å². The molecular formula is C25H32O6. The average molecular weight is 429 g/mol. The summed E-state index contributed by atoms with van der Waals surface area (Å²) in [5.41, 5.74) is 2.07. The summed E-state index contributed by atoms with van der Waals surface area (Å²) in [6.07, 6.45) is -1.06. The van der Waals surface area contributed by atoms with Crippen molar-refractivity contribution < 1.29 is 29.5 Å². The normalized spacial score (nSPS) is 13.7. The highest BCUT2D eigenvalue weighted by molar-refractivity contribution is 5.26. The van der Waals surface area contributed by atoms with Gasteiger partial charge in [-0.25, -0.2) is 0 Å². The predicted octanol–water partition coefficient (Wildman–Crippen LogP) is 2.54.